The number of aryl methyl sites for hydroxylation is 1. The molecule has 0 N–H and O–H groups in total. The van der Waals surface area contributed by atoms with Gasteiger partial charge in [-0.1, -0.05) is 12.1 Å². The summed E-state index contributed by atoms with van der Waals surface area (Å²) in [4.78, 5) is 20.5. The van der Waals surface area contributed by atoms with Gasteiger partial charge in [-0.25, -0.2) is 9.67 Å². The van der Waals surface area contributed by atoms with Crippen LogP contribution in [0.1, 0.15) is 60.4 Å². The van der Waals surface area contributed by atoms with Crippen LogP contribution in [0, 0.1) is 6.92 Å². The summed E-state index contributed by atoms with van der Waals surface area (Å²) in [5.41, 5.74) is 4.21. The molecule has 1 aromatic carbocycles. The van der Waals surface area contributed by atoms with Gasteiger partial charge in [0.25, 0.3) is 5.91 Å². The third-order valence-corrected chi connectivity index (χ3v) is 5.55. The molecule has 0 spiro atoms. The minimum Gasteiger partial charge on any atom is -0.490 e. The van der Waals surface area contributed by atoms with E-state index in [9.17, 15) is 4.79 Å². The lowest BCUT2D eigenvalue weighted by molar-refractivity contribution is 0.0978. The molecule has 0 saturated heterocycles. The van der Waals surface area contributed by atoms with Crippen LogP contribution in [-0.4, -0.2) is 33.8 Å². The Morgan fingerprint density at radius 1 is 1.25 bits per heavy atom. The number of carbonyl (C=O) groups excluding carboxylic acids is 1. The Balaban J connectivity index is 1.69. The minimum absolute atomic E-state index is 0.00328. The van der Waals surface area contributed by atoms with Gasteiger partial charge in [0, 0.05) is 17.7 Å². The lowest BCUT2D eigenvalue weighted by atomic mass is 10.1. The molecular weight excluding hydrogens is 352 g/mol. The Hall–Kier alpha value is -2.89. The van der Waals surface area contributed by atoms with Crippen LogP contribution in [0.25, 0.3) is 11.0 Å². The first-order valence-corrected chi connectivity index (χ1v) is 9.98. The molecule has 0 unspecified atom stereocenters. The molecule has 2 aliphatic rings. The quantitative estimate of drug-likeness (QED) is 0.686. The highest BCUT2D eigenvalue weighted by Crippen LogP contribution is 2.41. The maximum absolute atomic E-state index is 13.7. The fourth-order valence-electron chi connectivity index (χ4n) is 3.98. The summed E-state index contributed by atoms with van der Waals surface area (Å²) in [6, 6.07) is 9.91. The van der Waals surface area contributed by atoms with Gasteiger partial charge in [0.15, 0.2) is 5.65 Å². The summed E-state index contributed by atoms with van der Waals surface area (Å²) in [5, 5.41) is 5.57. The van der Waals surface area contributed by atoms with Gasteiger partial charge in [0.05, 0.1) is 28.9 Å². The average molecular weight is 376 g/mol. The molecule has 6 heteroatoms. The molecular formula is C22H24N4O2. The molecule has 3 heterocycles. The van der Waals surface area contributed by atoms with Crippen LogP contribution in [0.5, 0.6) is 5.75 Å². The molecule has 1 saturated carbocycles. The van der Waals surface area contributed by atoms with Crippen molar-refractivity contribution in [3.63, 3.8) is 0 Å². The molecule has 1 aliphatic heterocycles. The number of para-hydroxylation sites is 2. The number of hydrogen-bond acceptors (Lipinski definition) is 4. The lowest BCUT2D eigenvalue weighted by Gasteiger charge is -2.29. The van der Waals surface area contributed by atoms with Crippen LogP contribution in [0.15, 0.2) is 30.3 Å². The maximum atomic E-state index is 13.7. The standard InChI is InChI=1S/C22H24N4O2/c1-13(2)26-21-20(14(3)24-26)16(12-17(23-21)15-8-9-15)22(27)25-10-11-28-19-7-5-4-6-18(19)25/h4-7,12-13,15H,8-11H2,1-3H3. The van der Waals surface area contributed by atoms with Gasteiger partial charge in [-0.3, -0.25) is 4.79 Å². The summed E-state index contributed by atoms with van der Waals surface area (Å²) in [6.07, 6.45) is 2.28. The Labute approximate surface area is 164 Å². The number of rotatable bonds is 3. The van der Waals surface area contributed by atoms with Crippen LogP contribution in [0.4, 0.5) is 5.69 Å². The molecule has 6 nitrogen and oxygen atoms in total. The van der Waals surface area contributed by atoms with E-state index >= 15 is 0 Å². The first kappa shape index (κ1) is 17.2. The maximum Gasteiger partial charge on any atom is 0.259 e. The second-order valence-electron chi connectivity index (χ2n) is 7.96. The lowest BCUT2D eigenvalue weighted by Crippen LogP contribution is -2.38. The fraction of sp³-hybridized carbons (Fsp3) is 0.409. The third kappa shape index (κ3) is 2.66. The number of ether oxygens (including phenoxy) is 1. The van der Waals surface area contributed by atoms with Crippen LogP contribution in [-0.2, 0) is 0 Å². The fourth-order valence-corrected chi connectivity index (χ4v) is 3.98. The first-order valence-electron chi connectivity index (χ1n) is 9.98. The zero-order valence-electron chi connectivity index (χ0n) is 16.5. The van der Waals surface area contributed by atoms with E-state index < -0.39 is 0 Å². The molecule has 144 valence electrons. The Morgan fingerprint density at radius 2 is 2.04 bits per heavy atom. The molecule has 1 amide bonds. The van der Waals surface area contributed by atoms with Crippen molar-refractivity contribution >= 4 is 22.6 Å². The molecule has 0 bridgehead atoms. The normalized spacial score (nSPS) is 16.4. The molecule has 2 aromatic heterocycles. The van der Waals surface area contributed by atoms with E-state index in [0.29, 0.717) is 24.6 Å². The number of amides is 1. The highest BCUT2D eigenvalue weighted by Gasteiger charge is 2.32. The van der Waals surface area contributed by atoms with E-state index in [1.54, 1.807) is 0 Å². The molecule has 3 aromatic rings. The van der Waals surface area contributed by atoms with Gasteiger partial charge in [-0.2, -0.15) is 5.10 Å². The monoisotopic (exact) mass is 376 g/mol. The van der Waals surface area contributed by atoms with Crippen molar-refractivity contribution < 1.29 is 9.53 Å². The summed E-state index contributed by atoms with van der Waals surface area (Å²) in [6.45, 7) is 7.18. The highest BCUT2D eigenvalue weighted by molar-refractivity contribution is 6.14. The molecule has 5 rings (SSSR count). The van der Waals surface area contributed by atoms with E-state index in [1.165, 1.54) is 0 Å². The topological polar surface area (TPSA) is 60.2 Å². The number of fused-ring (bicyclic) bond motifs is 2. The number of hydrogen-bond donors (Lipinski definition) is 0. The largest absolute Gasteiger partial charge is 0.490 e. The van der Waals surface area contributed by atoms with Gasteiger partial charge < -0.3 is 9.64 Å². The van der Waals surface area contributed by atoms with E-state index in [-0.39, 0.29) is 11.9 Å². The van der Waals surface area contributed by atoms with Crippen LogP contribution < -0.4 is 9.64 Å². The molecule has 0 radical (unpaired) electrons. The van der Waals surface area contributed by atoms with Gasteiger partial charge in [0.2, 0.25) is 0 Å². The SMILES string of the molecule is Cc1nn(C(C)C)c2nc(C3CC3)cc(C(=O)N3CCOc4ccccc43)c12. The number of nitrogens with zero attached hydrogens (tertiary/aromatic N) is 4. The second-order valence-corrected chi connectivity index (χ2v) is 7.96. The highest BCUT2D eigenvalue weighted by atomic mass is 16.5. The number of benzene rings is 1. The zero-order valence-corrected chi connectivity index (χ0v) is 16.5. The van der Waals surface area contributed by atoms with Crippen molar-refractivity contribution in [3.05, 3.63) is 47.3 Å². The van der Waals surface area contributed by atoms with Crippen molar-refractivity contribution in [1.29, 1.82) is 0 Å². The minimum atomic E-state index is -0.00328. The molecule has 0 atom stereocenters. The molecule has 1 aliphatic carbocycles. The van der Waals surface area contributed by atoms with Crippen molar-refractivity contribution in [2.24, 2.45) is 0 Å². The molecule has 28 heavy (non-hydrogen) atoms. The second kappa shape index (κ2) is 6.33. The Kier molecular flexibility index (Phi) is 3.89. The number of carbonyl (C=O) groups is 1. The Bertz CT molecular complexity index is 1080. The van der Waals surface area contributed by atoms with Gasteiger partial charge >= 0.3 is 0 Å². The number of pyridine rings is 1. The summed E-state index contributed by atoms with van der Waals surface area (Å²) < 4.78 is 7.68. The predicted molar refractivity (Wildman–Crippen MR) is 108 cm³/mol. The predicted octanol–water partition coefficient (Wildman–Crippen LogP) is 4.24. The number of anilines is 1. The summed E-state index contributed by atoms with van der Waals surface area (Å²) >= 11 is 0. The summed E-state index contributed by atoms with van der Waals surface area (Å²) in [7, 11) is 0. The van der Waals surface area contributed by atoms with Crippen molar-refractivity contribution in [2.75, 3.05) is 18.1 Å². The van der Waals surface area contributed by atoms with Gasteiger partial charge in [-0.05, 0) is 51.8 Å². The van der Waals surface area contributed by atoms with E-state index in [4.69, 9.17) is 14.8 Å². The van der Waals surface area contributed by atoms with Crippen molar-refractivity contribution in [3.8, 4) is 5.75 Å². The van der Waals surface area contributed by atoms with E-state index in [1.807, 2.05) is 46.8 Å². The molecule has 1 fully saturated rings. The third-order valence-electron chi connectivity index (χ3n) is 5.55. The number of aromatic nitrogens is 3. The van der Waals surface area contributed by atoms with Gasteiger partial charge in [0.1, 0.15) is 12.4 Å². The van der Waals surface area contributed by atoms with Crippen LogP contribution in [0.2, 0.25) is 0 Å². The smallest absolute Gasteiger partial charge is 0.259 e. The summed E-state index contributed by atoms with van der Waals surface area (Å²) in [5.74, 6) is 1.21. The zero-order chi connectivity index (χ0) is 19.4. The Morgan fingerprint density at radius 3 is 2.79 bits per heavy atom. The van der Waals surface area contributed by atoms with E-state index in [0.717, 1.165) is 46.7 Å². The van der Waals surface area contributed by atoms with Crippen molar-refractivity contribution in [1.82, 2.24) is 14.8 Å². The van der Waals surface area contributed by atoms with E-state index in [2.05, 4.69) is 13.8 Å². The van der Waals surface area contributed by atoms with Crippen molar-refractivity contribution in [2.45, 2.75) is 45.6 Å². The van der Waals surface area contributed by atoms with Crippen LogP contribution >= 0.6 is 0 Å². The average Bonchev–Trinajstić information content (AvgIpc) is 3.50. The van der Waals surface area contributed by atoms with Gasteiger partial charge in [-0.15, -0.1) is 0 Å². The first-order chi connectivity index (χ1) is 13.5. The van der Waals surface area contributed by atoms with Crippen LogP contribution in [0.3, 0.4) is 0 Å².